The number of carbonyl (C=O) groups is 2. The summed E-state index contributed by atoms with van der Waals surface area (Å²) in [7, 11) is 1.56. The van der Waals surface area contributed by atoms with Crippen molar-refractivity contribution in [2.24, 2.45) is 18.7 Å². The van der Waals surface area contributed by atoms with Crippen molar-refractivity contribution in [1.29, 1.82) is 0 Å². The van der Waals surface area contributed by atoms with Crippen LogP contribution in [0.3, 0.4) is 0 Å². The maximum Gasteiger partial charge on any atom is 0.270 e. The summed E-state index contributed by atoms with van der Waals surface area (Å²) in [5, 5.41) is 6.49. The molecule has 2 amide bonds. The lowest BCUT2D eigenvalue weighted by atomic mass is 10.2. The fourth-order valence-corrected chi connectivity index (χ4v) is 1.11. The fraction of sp³-hybridized carbons (Fsp3) is 0.500. The second-order valence-electron chi connectivity index (χ2n) is 3.91. The molecule has 0 unspecified atom stereocenters. The van der Waals surface area contributed by atoms with Gasteiger partial charge >= 0.3 is 0 Å². The van der Waals surface area contributed by atoms with Gasteiger partial charge in [0.2, 0.25) is 0 Å². The lowest BCUT2D eigenvalue weighted by molar-refractivity contribution is 0.0938. The highest BCUT2D eigenvalue weighted by Gasteiger charge is 2.16. The van der Waals surface area contributed by atoms with Crippen LogP contribution in [0.15, 0.2) is 0 Å². The first-order valence-corrected chi connectivity index (χ1v) is 4.96. The second-order valence-corrected chi connectivity index (χ2v) is 3.91. The SMILES string of the molecule is CC(C)CNC(=O)c1[c]c(C(N)=O)nn1C. The Morgan fingerprint density at radius 2 is 2.19 bits per heavy atom. The van der Waals surface area contributed by atoms with Crippen LogP contribution < -0.4 is 11.1 Å². The van der Waals surface area contributed by atoms with E-state index >= 15 is 0 Å². The molecule has 0 atom stereocenters. The number of aryl methyl sites for hydroxylation is 1. The van der Waals surface area contributed by atoms with Gasteiger partial charge in [0, 0.05) is 13.6 Å². The van der Waals surface area contributed by atoms with Gasteiger partial charge in [-0.25, -0.2) is 0 Å². The number of nitrogens with one attached hydrogen (secondary N) is 1. The zero-order valence-electron chi connectivity index (χ0n) is 9.57. The zero-order valence-corrected chi connectivity index (χ0v) is 9.57. The van der Waals surface area contributed by atoms with Gasteiger partial charge in [-0.1, -0.05) is 13.8 Å². The smallest absolute Gasteiger partial charge is 0.270 e. The minimum absolute atomic E-state index is 0.0304. The van der Waals surface area contributed by atoms with Gasteiger partial charge in [0.05, 0.1) is 6.07 Å². The Morgan fingerprint density at radius 3 is 2.62 bits per heavy atom. The predicted molar refractivity (Wildman–Crippen MR) is 57.7 cm³/mol. The molecule has 0 aliphatic heterocycles. The van der Waals surface area contributed by atoms with Crippen molar-refractivity contribution in [3.05, 3.63) is 17.5 Å². The van der Waals surface area contributed by atoms with Crippen molar-refractivity contribution in [3.8, 4) is 0 Å². The molecule has 0 spiro atoms. The maximum absolute atomic E-state index is 11.7. The lowest BCUT2D eigenvalue weighted by Gasteiger charge is -2.06. The summed E-state index contributed by atoms with van der Waals surface area (Å²) in [6.07, 6.45) is 0. The van der Waals surface area contributed by atoms with Gasteiger partial charge in [0.1, 0.15) is 5.69 Å². The third-order valence-corrected chi connectivity index (χ3v) is 1.93. The van der Waals surface area contributed by atoms with E-state index in [4.69, 9.17) is 5.73 Å². The van der Waals surface area contributed by atoms with Gasteiger partial charge < -0.3 is 11.1 Å². The van der Waals surface area contributed by atoms with E-state index in [1.165, 1.54) is 4.68 Å². The third-order valence-electron chi connectivity index (χ3n) is 1.93. The van der Waals surface area contributed by atoms with E-state index in [2.05, 4.69) is 16.5 Å². The number of carbonyl (C=O) groups excluding carboxylic acids is 2. The van der Waals surface area contributed by atoms with Crippen molar-refractivity contribution in [2.45, 2.75) is 13.8 Å². The molecule has 0 aromatic carbocycles. The van der Waals surface area contributed by atoms with Crippen LogP contribution in [0.4, 0.5) is 0 Å². The quantitative estimate of drug-likeness (QED) is 0.734. The normalized spacial score (nSPS) is 10.5. The van der Waals surface area contributed by atoms with E-state index in [1.54, 1.807) is 7.05 Å². The predicted octanol–water partition coefficient (Wildman–Crippen LogP) is -0.295. The van der Waals surface area contributed by atoms with Crippen LogP contribution in [-0.4, -0.2) is 28.1 Å². The van der Waals surface area contributed by atoms with Crippen molar-refractivity contribution in [2.75, 3.05) is 6.54 Å². The summed E-state index contributed by atoms with van der Waals surface area (Å²) in [4.78, 5) is 22.5. The molecule has 1 heterocycles. The highest BCUT2D eigenvalue weighted by atomic mass is 16.2. The monoisotopic (exact) mass is 223 g/mol. The van der Waals surface area contributed by atoms with Crippen molar-refractivity contribution >= 4 is 11.8 Å². The Balaban J connectivity index is 2.79. The number of rotatable bonds is 4. The number of amides is 2. The first-order chi connectivity index (χ1) is 7.41. The molecular weight excluding hydrogens is 208 g/mol. The molecule has 0 bridgehead atoms. The molecule has 1 rings (SSSR count). The van der Waals surface area contributed by atoms with Crippen molar-refractivity contribution in [1.82, 2.24) is 15.1 Å². The number of hydrogen-bond acceptors (Lipinski definition) is 3. The highest BCUT2D eigenvalue weighted by molar-refractivity contribution is 5.96. The Morgan fingerprint density at radius 1 is 1.56 bits per heavy atom. The van der Waals surface area contributed by atoms with Gasteiger partial charge in [-0.3, -0.25) is 14.3 Å². The van der Waals surface area contributed by atoms with Gasteiger partial charge in [-0.05, 0) is 5.92 Å². The summed E-state index contributed by atoms with van der Waals surface area (Å²) in [5.74, 6) is -0.650. The Kier molecular flexibility index (Phi) is 3.65. The van der Waals surface area contributed by atoms with Crippen LogP contribution >= 0.6 is 0 Å². The molecule has 0 saturated heterocycles. The number of aromatic nitrogens is 2. The summed E-state index contributed by atoms with van der Waals surface area (Å²) < 4.78 is 1.29. The molecule has 1 radical (unpaired) electrons. The average molecular weight is 223 g/mol. The molecule has 0 aliphatic rings. The molecular formula is C10H15N4O2. The first-order valence-electron chi connectivity index (χ1n) is 4.96. The van der Waals surface area contributed by atoms with Crippen LogP contribution in [0.2, 0.25) is 0 Å². The first kappa shape index (κ1) is 12.2. The van der Waals surface area contributed by atoms with Gasteiger partial charge in [0.25, 0.3) is 11.8 Å². The molecule has 0 saturated carbocycles. The number of primary amides is 1. The average Bonchev–Trinajstić information content (AvgIpc) is 2.57. The summed E-state index contributed by atoms with van der Waals surface area (Å²) >= 11 is 0. The second kappa shape index (κ2) is 4.78. The van der Waals surface area contributed by atoms with E-state index in [-0.39, 0.29) is 17.3 Å². The molecule has 1 aromatic heterocycles. The maximum atomic E-state index is 11.7. The zero-order chi connectivity index (χ0) is 12.3. The van der Waals surface area contributed by atoms with E-state index in [0.29, 0.717) is 12.5 Å². The molecule has 3 N–H and O–H groups in total. The summed E-state index contributed by atoms with van der Waals surface area (Å²) in [6.45, 7) is 4.54. The summed E-state index contributed by atoms with van der Waals surface area (Å²) in [5.41, 5.74) is 5.21. The molecule has 6 heteroatoms. The van der Waals surface area contributed by atoms with Gasteiger partial charge in [-0.2, -0.15) is 5.10 Å². The van der Waals surface area contributed by atoms with Crippen molar-refractivity contribution in [3.63, 3.8) is 0 Å². The Hall–Kier alpha value is -1.85. The largest absolute Gasteiger partial charge is 0.364 e. The summed E-state index contributed by atoms with van der Waals surface area (Å²) in [6, 6.07) is 2.57. The van der Waals surface area contributed by atoms with E-state index in [0.717, 1.165) is 0 Å². The number of nitrogens with two attached hydrogens (primary N) is 1. The Bertz CT molecular complexity index is 409. The van der Waals surface area contributed by atoms with Gasteiger partial charge in [-0.15, -0.1) is 0 Å². The molecule has 6 nitrogen and oxygen atoms in total. The lowest BCUT2D eigenvalue weighted by Crippen LogP contribution is -2.29. The number of hydrogen-bond donors (Lipinski definition) is 2. The minimum atomic E-state index is -0.696. The fourth-order valence-electron chi connectivity index (χ4n) is 1.11. The molecule has 87 valence electrons. The van der Waals surface area contributed by atoms with Crippen LogP contribution in [-0.2, 0) is 7.05 Å². The highest BCUT2D eigenvalue weighted by Crippen LogP contribution is 2.01. The van der Waals surface area contributed by atoms with Crippen LogP contribution in [0, 0.1) is 12.0 Å². The van der Waals surface area contributed by atoms with Crippen LogP contribution in [0.25, 0.3) is 0 Å². The van der Waals surface area contributed by atoms with Crippen molar-refractivity contribution < 1.29 is 9.59 Å². The topological polar surface area (TPSA) is 90.0 Å². The Labute approximate surface area is 93.8 Å². The van der Waals surface area contributed by atoms with E-state index in [9.17, 15) is 9.59 Å². The van der Waals surface area contributed by atoms with E-state index < -0.39 is 5.91 Å². The minimum Gasteiger partial charge on any atom is -0.364 e. The third kappa shape index (κ3) is 2.82. The number of nitrogens with zero attached hydrogens (tertiary/aromatic N) is 2. The van der Waals surface area contributed by atoms with Crippen LogP contribution in [0.1, 0.15) is 34.8 Å². The molecule has 16 heavy (non-hydrogen) atoms. The molecule has 1 aromatic rings. The van der Waals surface area contributed by atoms with E-state index in [1.807, 2.05) is 13.8 Å². The standard InChI is InChI=1S/C10H15N4O2/c1-6(2)5-12-10(16)8-4-7(9(11)15)13-14(8)3/h6H,5H2,1-3H3,(H2,11,15)(H,12,16). The van der Waals surface area contributed by atoms with Gasteiger partial charge in [0.15, 0.2) is 5.69 Å². The molecule has 0 fully saturated rings. The van der Waals surface area contributed by atoms with Crippen LogP contribution in [0.5, 0.6) is 0 Å². The molecule has 0 aliphatic carbocycles.